The van der Waals surface area contributed by atoms with Gasteiger partial charge < -0.3 is 10.2 Å². The summed E-state index contributed by atoms with van der Waals surface area (Å²) in [4.78, 5) is 27.5. The topological polar surface area (TPSA) is 49.4 Å². The number of benzene rings is 1. The second-order valence-corrected chi connectivity index (χ2v) is 8.60. The molecule has 2 heterocycles. The summed E-state index contributed by atoms with van der Waals surface area (Å²) >= 11 is 0. The molecule has 2 saturated heterocycles. The summed E-state index contributed by atoms with van der Waals surface area (Å²) in [7, 11) is 0. The Labute approximate surface area is 156 Å². The highest BCUT2D eigenvalue weighted by Gasteiger charge is 2.55. The van der Waals surface area contributed by atoms with E-state index >= 15 is 0 Å². The van der Waals surface area contributed by atoms with Crippen molar-refractivity contribution in [2.45, 2.75) is 70.4 Å². The second-order valence-electron chi connectivity index (χ2n) is 8.60. The number of amides is 2. The van der Waals surface area contributed by atoms with Crippen molar-refractivity contribution in [3.05, 3.63) is 35.4 Å². The Hall–Kier alpha value is -1.84. The fraction of sp³-hybridized carbons (Fsp3) is 0.636. The van der Waals surface area contributed by atoms with Gasteiger partial charge in [-0.2, -0.15) is 0 Å². The van der Waals surface area contributed by atoms with Crippen LogP contribution in [0.5, 0.6) is 0 Å². The molecule has 1 aliphatic carbocycles. The Morgan fingerprint density at radius 2 is 2.08 bits per heavy atom. The lowest BCUT2D eigenvalue weighted by Crippen LogP contribution is -2.59. The van der Waals surface area contributed by atoms with Crippen LogP contribution >= 0.6 is 0 Å². The van der Waals surface area contributed by atoms with Gasteiger partial charge in [-0.05, 0) is 69.4 Å². The van der Waals surface area contributed by atoms with E-state index in [4.69, 9.17) is 0 Å². The number of carbonyl (C=O) groups is 2. The molecule has 4 nitrogen and oxygen atoms in total. The van der Waals surface area contributed by atoms with Crippen LogP contribution in [0.2, 0.25) is 0 Å². The van der Waals surface area contributed by atoms with Crippen LogP contribution in [-0.4, -0.2) is 34.8 Å². The third-order valence-electron chi connectivity index (χ3n) is 7.18. The SMILES string of the molecule is Cc1cccc(C(=O)N[C@H]2CC[C@@]34CCCN3C(=O)CCC[C@H]4[C@H]2C)c1. The predicted molar refractivity (Wildman–Crippen MR) is 102 cm³/mol. The molecule has 0 bridgehead atoms. The molecule has 140 valence electrons. The van der Waals surface area contributed by atoms with Gasteiger partial charge in [-0.25, -0.2) is 0 Å². The van der Waals surface area contributed by atoms with Gasteiger partial charge in [0.2, 0.25) is 5.91 Å². The summed E-state index contributed by atoms with van der Waals surface area (Å²) in [5.74, 6) is 1.31. The summed E-state index contributed by atoms with van der Waals surface area (Å²) in [6.07, 6.45) is 7.09. The average molecular weight is 354 g/mol. The lowest BCUT2D eigenvalue weighted by atomic mass is 9.63. The number of hydrogen-bond donors (Lipinski definition) is 1. The number of nitrogens with zero attached hydrogens (tertiary/aromatic N) is 1. The van der Waals surface area contributed by atoms with Crippen LogP contribution < -0.4 is 5.32 Å². The first-order valence-electron chi connectivity index (χ1n) is 10.2. The van der Waals surface area contributed by atoms with Gasteiger partial charge in [-0.15, -0.1) is 0 Å². The molecule has 3 aliphatic rings. The highest BCUT2D eigenvalue weighted by atomic mass is 16.2. The second kappa shape index (κ2) is 6.71. The van der Waals surface area contributed by atoms with Crippen LogP contribution in [0.3, 0.4) is 0 Å². The summed E-state index contributed by atoms with van der Waals surface area (Å²) in [6, 6.07) is 8.00. The molecule has 26 heavy (non-hydrogen) atoms. The van der Waals surface area contributed by atoms with Gasteiger partial charge in [0.15, 0.2) is 0 Å². The molecule has 1 aromatic carbocycles. The van der Waals surface area contributed by atoms with Crippen LogP contribution in [0.25, 0.3) is 0 Å². The van der Waals surface area contributed by atoms with E-state index in [-0.39, 0.29) is 17.5 Å². The Bertz CT molecular complexity index is 716. The molecular weight excluding hydrogens is 324 g/mol. The molecular formula is C22H30N2O2. The third kappa shape index (κ3) is 2.83. The van der Waals surface area contributed by atoms with Crippen molar-refractivity contribution in [1.29, 1.82) is 0 Å². The van der Waals surface area contributed by atoms with Gasteiger partial charge in [0.1, 0.15) is 0 Å². The zero-order chi connectivity index (χ0) is 18.3. The molecule has 2 aliphatic heterocycles. The van der Waals surface area contributed by atoms with Gasteiger partial charge in [-0.3, -0.25) is 9.59 Å². The van der Waals surface area contributed by atoms with Crippen molar-refractivity contribution in [1.82, 2.24) is 10.2 Å². The van der Waals surface area contributed by atoms with Gasteiger partial charge in [0.05, 0.1) is 0 Å². The number of aryl methyl sites for hydroxylation is 1. The summed E-state index contributed by atoms with van der Waals surface area (Å²) < 4.78 is 0. The summed E-state index contributed by atoms with van der Waals surface area (Å²) in [5.41, 5.74) is 1.92. The average Bonchev–Trinajstić information content (AvgIpc) is 2.99. The predicted octanol–water partition coefficient (Wildman–Crippen LogP) is 3.68. The van der Waals surface area contributed by atoms with Crippen molar-refractivity contribution in [3.63, 3.8) is 0 Å². The van der Waals surface area contributed by atoms with E-state index in [0.29, 0.717) is 24.2 Å². The molecule has 2 amide bonds. The minimum Gasteiger partial charge on any atom is -0.349 e. The molecule has 4 rings (SSSR count). The molecule has 1 saturated carbocycles. The Morgan fingerprint density at radius 1 is 1.23 bits per heavy atom. The Morgan fingerprint density at radius 3 is 2.88 bits per heavy atom. The molecule has 4 atom stereocenters. The number of nitrogens with one attached hydrogen (secondary N) is 1. The first-order chi connectivity index (χ1) is 12.5. The first kappa shape index (κ1) is 17.6. The number of carbonyl (C=O) groups excluding carboxylic acids is 2. The minimum absolute atomic E-state index is 0.0366. The monoisotopic (exact) mass is 354 g/mol. The van der Waals surface area contributed by atoms with Gasteiger partial charge in [0, 0.05) is 30.1 Å². The van der Waals surface area contributed by atoms with E-state index in [1.54, 1.807) is 0 Å². The normalized spacial score (nSPS) is 34.0. The lowest BCUT2D eigenvalue weighted by Gasteiger charge is -2.52. The van der Waals surface area contributed by atoms with Crippen molar-refractivity contribution in [2.24, 2.45) is 11.8 Å². The fourth-order valence-electron chi connectivity index (χ4n) is 5.92. The van der Waals surface area contributed by atoms with E-state index in [9.17, 15) is 9.59 Å². The molecule has 3 fully saturated rings. The molecule has 1 spiro atoms. The largest absolute Gasteiger partial charge is 0.349 e. The molecule has 0 unspecified atom stereocenters. The van der Waals surface area contributed by atoms with Crippen LogP contribution in [0.1, 0.15) is 67.8 Å². The lowest BCUT2D eigenvalue weighted by molar-refractivity contribution is -0.138. The van der Waals surface area contributed by atoms with Crippen LogP contribution in [-0.2, 0) is 4.79 Å². The smallest absolute Gasteiger partial charge is 0.251 e. The highest BCUT2D eigenvalue weighted by Crippen LogP contribution is 2.51. The molecule has 1 aromatic rings. The number of hydrogen-bond acceptors (Lipinski definition) is 2. The van der Waals surface area contributed by atoms with E-state index in [1.165, 1.54) is 0 Å². The maximum absolute atomic E-state index is 12.7. The van der Waals surface area contributed by atoms with E-state index in [2.05, 4.69) is 17.1 Å². The number of rotatable bonds is 2. The van der Waals surface area contributed by atoms with Crippen molar-refractivity contribution in [3.8, 4) is 0 Å². The zero-order valence-corrected chi connectivity index (χ0v) is 16.0. The van der Waals surface area contributed by atoms with Crippen molar-refractivity contribution < 1.29 is 9.59 Å². The third-order valence-corrected chi connectivity index (χ3v) is 7.18. The van der Waals surface area contributed by atoms with Crippen molar-refractivity contribution >= 4 is 11.8 Å². The zero-order valence-electron chi connectivity index (χ0n) is 16.0. The van der Waals surface area contributed by atoms with E-state index in [0.717, 1.165) is 56.2 Å². The van der Waals surface area contributed by atoms with E-state index in [1.807, 2.05) is 31.2 Å². The molecule has 0 radical (unpaired) electrons. The highest BCUT2D eigenvalue weighted by molar-refractivity contribution is 5.94. The van der Waals surface area contributed by atoms with Crippen LogP contribution in [0.4, 0.5) is 0 Å². The Balaban J connectivity index is 1.53. The van der Waals surface area contributed by atoms with Gasteiger partial charge in [0.25, 0.3) is 5.91 Å². The van der Waals surface area contributed by atoms with Crippen LogP contribution in [0, 0.1) is 18.8 Å². The molecule has 1 N–H and O–H groups in total. The van der Waals surface area contributed by atoms with Gasteiger partial charge in [-0.1, -0.05) is 24.6 Å². The maximum atomic E-state index is 12.7. The first-order valence-corrected chi connectivity index (χ1v) is 10.2. The Kier molecular flexibility index (Phi) is 4.54. The summed E-state index contributed by atoms with van der Waals surface area (Å²) in [5, 5.41) is 3.31. The van der Waals surface area contributed by atoms with E-state index < -0.39 is 0 Å². The van der Waals surface area contributed by atoms with Crippen molar-refractivity contribution in [2.75, 3.05) is 6.54 Å². The minimum atomic E-state index is 0.0366. The van der Waals surface area contributed by atoms with Crippen LogP contribution in [0.15, 0.2) is 24.3 Å². The summed E-state index contributed by atoms with van der Waals surface area (Å²) in [6.45, 7) is 5.24. The molecule has 0 aromatic heterocycles. The fourth-order valence-corrected chi connectivity index (χ4v) is 5.92. The maximum Gasteiger partial charge on any atom is 0.251 e. The quantitative estimate of drug-likeness (QED) is 0.881. The van der Waals surface area contributed by atoms with Gasteiger partial charge >= 0.3 is 0 Å². The standard InChI is InChI=1S/C22H30N2O2/c1-15-6-3-7-17(14-15)21(26)23-19-10-12-22-11-5-13-24(22)20(25)9-4-8-18(22)16(19)2/h3,6-7,14,16,18-19H,4-5,8-13H2,1-2H3,(H,23,26)/t16-,18+,19+,22-/m1/s1. The molecule has 4 heteroatoms.